The van der Waals surface area contributed by atoms with E-state index in [9.17, 15) is 23.8 Å². The number of epoxide rings is 1. The van der Waals surface area contributed by atoms with Crippen molar-refractivity contribution in [1.29, 1.82) is 0 Å². The van der Waals surface area contributed by atoms with E-state index in [-0.39, 0.29) is 31.7 Å². The molecule has 0 amide bonds. The Morgan fingerprint density at radius 3 is 1.75 bits per heavy atom. The molecule has 0 aliphatic carbocycles. The van der Waals surface area contributed by atoms with Crippen molar-refractivity contribution in [3.63, 3.8) is 0 Å². The SMILES string of the molecule is CCCCC/C=C\C/C=C\C/C=C\CC1OC1CCCC(=O)O[C@H](COC(=O)CCCCCCC/C=C\C/C=C\CCCCC)COP(=O)(O)OC[C@H](N)C(=O)O. The fourth-order valence-electron chi connectivity index (χ4n) is 5.65. The number of carboxylic acids is 1. The quantitative estimate of drug-likeness (QED) is 0.0176. The third-order valence-corrected chi connectivity index (χ3v) is 10.1. The fourth-order valence-corrected chi connectivity index (χ4v) is 6.43. The van der Waals surface area contributed by atoms with Crippen molar-refractivity contribution >= 4 is 25.7 Å². The molecule has 0 aromatic rings. The number of unbranched alkanes of at least 4 members (excludes halogenated alkanes) is 11. The normalized spacial score (nSPS) is 17.9. The summed E-state index contributed by atoms with van der Waals surface area (Å²) in [4.78, 5) is 46.1. The molecule has 326 valence electrons. The van der Waals surface area contributed by atoms with E-state index >= 15 is 0 Å². The van der Waals surface area contributed by atoms with E-state index in [0.29, 0.717) is 19.3 Å². The number of hydrogen-bond acceptors (Lipinski definition) is 10. The van der Waals surface area contributed by atoms with Gasteiger partial charge in [0.15, 0.2) is 6.10 Å². The number of carbonyl (C=O) groups excluding carboxylic acids is 2. The molecule has 1 fully saturated rings. The van der Waals surface area contributed by atoms with Crippen LogP contribution in [0, 0.1) is 0 Å². The van der Waals surface area contributed by atoms with Crippen LogP contribution >= 0.6 is 7.82 Å². The minimum absolute atomic E-state index is 0.0669. The zero-order valence-electron chi connectivity index (χ0n) is 34.9. The maximum atomic E-state index is 12.7. The van der Waals surface area contributed by atoms with Crippen LogP contribution in [0.5, 0.6) is 0 Å². The van der Waals surface area contributed by atoms with Gasteiger partial charge in [0.1, 0.15) is 12.6 Å². The van der Waals surface area contributed by atoms with Gasteiger partial charge in [0.05, 0.1) is 25.4 Å². The topological polar surface area (TPSA) is 184 Å². The van der Waals surface area contributed by atoms with Crippen LogP contribution in [0.1, 0.15) is 155 Å². The lowest BCUT2D eigenvalue weighted by Gasteiger charge is -2.20. The molecule has 0 saturated carbocycles. The van der Waals surface area contributed by atoms with Crippen molar-refractivity contribution < 1.29 is 52.2 Å². The lowest BCUT2D eigenvalue weighted by molar-refractivity contribution is -0.161. The average molecular weight is 824 g/mol. The first-order chi connectivity index (χ1) is 27.6. The number of phosphoric ester groups is 1. The number of ether oxygens (including phenoxy) is 3. The summed E-state index contributed by atoms with van der Waals surface area (Å²) in [6.07, 6.45) is 41.6. The van der Waals surface area contributed by atoms with Crippen LogP contribution in [0.25, 0.3) is 0 Å². The summed E-state index contributed by atoms with van der Waals surface area (Å²) in [5, 5.41) is 8.89. The Labute approximate surface area is 343 Å². The zero-order chi connectivity index (χ0) is 41.8. The Morgan fingerprint density at radius 2 is 1.16 bits per heavy atom. The summed E-state index contributed by atoms with van der Waals surface area (Å²) >= 11 is 0. The molecule has 0 aromatic heterocycles. The molecule has 0 aromatic carbocycles. The number of allylic oxidation sites excluding steroid dienone is 9. The number of esters is 2. The van der Waals surface area contributed by atoms with Crippen molar-refractivity contribution in [3.05, 3.63) is 60.8 Å². The van der Waals surface area contributed by atoms with E-state index in [1.165, 1.54) is 38.5 Å². The number of carboxylic acid groups (broad SMARTS) is 1. The lowest BCUT2D eigenvalue weighted by atomic mass is 10.1. The van der Waals surface area contributed by atoms with Gasteiger partial charge in [0.25, 0.3) is 0 Å². The first-order valence-corrected chi connectivity index (χ1v) is 22.9. The molecular weight excluding hydrogens is 749 g/mol. The van der Waals surface area contributed by atoms with E-state index in [4.69, 9.17) is 29.6 Å². The molecule has 1 aliphatic rings. The van der Waals surface area contributed by atoms with Crippen LogP contribution in [0.2, 0.25) is 0 Å². The van der Waals surface area contributed by atoms with E-state index in [1.54, 1.807) is 0 Å². The molecule has 1 rings (SSSR count). The molecule has 0 bridgehead atoms. The molecule has 3 unspecified atom stereocenters. The van der Waals surface area contributed by atoms with Crippen LogP contribution in [0.3, 0.4) is 0 Å². The van der Waals surface area contributed by atoms with Gasteiger partial charge in [-0.15, -0.1) is 0 Å². The van der Waals surface area contributed by atoms with Gasteiger partial charge < -0.3 is 29.9 Å². The molecule has 5 atom stereocenters. The van der Waals surface area contributed by atoms with Crippen molar-refractivity contribution in [2.75, 3.05) is 19.8 Å². The second-order valence-electron chi connectivity index (χ2n) is 14.5. The van der Waals surface area contributed by atoms with E-state index in [1.807, 2.05) is 0 Å². The standard InChI is InChI=1S/C44H74NO11P/c1-3-5-7-9-11-13-15-17-18-19-21-23-25-27-29-33-42(46)52-35-38(36-53-57(50,51)54-37-39(45)44(48)49)55-43(47)34-30-32-41-40(56-41)31-28-26-24-22-20-16-14-12-10-8-6-4-2/h11-14,17-18,20,22,26,28,38-41H,3-10,15-16,19,21,23-25,27,29-37,45H2,1-2H3,(H,48,49)(H,50,51)/b13-11-,14-12-,18-17-,22-20-,28-26-/t38-,39+,40?,41?/m1/s1. The minimum atomic E-state index is -4.75. The van der Waals surface area contributed by atoms with E-state index in [2.05, 4.69) is 79.1 Å². The van der Waals surface area contributed by atoms with Gasteiger partial charge in [-0.05, 0) is 83.5 Å². The van der Waals surface area contributed by atoms with Crippen molar-refractivity contribution in [1.82, 2.24) is 0 Å². The summed E-state index contributed by atoms with van der Waals surface area (Å²) in [6, 6.07) is -1.54. The van der Waals surface area contributed by atoms with Gasteiger partial charge in [-0.2, -0.15) is 0 Å². The van der Waals surface area contributed by atoms with Crippen molar-refractivity contribution in [2.45, 2.75) is 179 Å². The fraction of sp³-hybridized carbons (Fsp3) is 0.705. The van der Waals surface area contributed by atoms with Crippen LogP contribution in [-0.2, 0) is 42.2 Å². The molecule has 1 aliphatic heterocycles. The van der Waals surface area contributed by atoms with Gasteiger partial charge in [0, 0.05) is 12.8 Å². The largest absolute Gasteiger partial charge is 0.480 e. The Bertz CT molecular complexity index is 1260. The first-order valence-electron chi connectivity index (χ1n) is 21.4. The van der Waals surface area contributed by atoms with Crippen molar-refractivity contribution in [2.24, 2.45) is 5.73 Å². The highest BCUT2D eigenvalue weighted by Gasteiger charge is 2.37. The Morgan fingerprint density at radius 1 is 0.649 bits per heavy atom. The van der Waals surface area contributed by atoms with Crippen molar-refractivity contribution in [3.8, 4) is 0 Å². The summed E-state index contributed by atoms with van der Waals surface area (Å²) < 4.78 is 38.4. The highest BCUT2D eigenvalue weighted by atomic mass is 31.2. The molecule has 13 heteroatoms. The molecule has 4 N–H and O–H groups in total. The van der Waals surface area contributed by atoms with Gasteiger partial charge >= 0.3 is 25.7 Å². The number of rotatable bonds is 38. The summed E-state index contributed by atoms with van der Waals surface area (Å²) in [6.45, 7) is 2.64. The average Bonchev–Trinajstić information content (AvgIpc) is 3.94. The van der Waals surface area contributed by atoms with Crippen LogP contribution < -0.4 is 5.73 Å². The summed E-state index contributed by atoms with van der Waals surface area (Å²) in [7, 11) is -4.75. The highest BCUT2D eigenvalue weighted by molar-refractivity contribution is 7.47. The smallest absolute Gasteiger partial charge is 0.472 e. The maximum absolute atomic E-state index is 12.7. The molecule has 1 saturated heterocycles. The van der Waals surface area contributed by atoms with Crippen LogP contribution in [0.15, 0.2) is 60.8 Å². The maximum Gasteiger partial charge on any atom is 0.472 e. The number of phosphoric acid groups is 1. The minimum Gasteiger partial charge on any atom is -0.480 e. The zero-order valence-corrected chi connectivity index (χ0v) is 35.7. The Kier molecular flexibility index (Phi) is 32.1. The first kappa shape index (κ1) is 52.2. The predicted octanol–water partition coefficient (Wildman–Crippen LogP) is 10.2. The number of aliphatic carboxylic acids is 1. The predicted molar refractivity (Wildman–Crippen MR) is 225 cm³/mol. The van der Waals surface area contributed by atoms with E-state index < -0.39 is 51.1 Å². The lowest BCUT2D eigenvalue weighted by Crippen LogP contribution is -2.34. The third-order valence-electron chi connectivity index (χ3n) is 9.16. The molecule has 57 heavy (non-hydrogen) atoms. The number of carbonyl (C=O) groups is 3. The Hall–Kier alpha value is -2.86. The second-order valence-corrected chi connectivity index (χ2v) is 16.0. The molecule has 0 spiro atoms. The molecule has 12 nitrogen and oxygen atoms in total. The molecule has 0 radical (unpaired) electrons. The second kappa shape index (κ2) is 35.1. The van der Waals surface area contributed by atoms with Gasteiger partial charge in [-0.1, -0.05) is 120 Å². The van der Waals surface area contributed by atoms with Crippen LogP contribution in [-0.4, -0.2) is 72.1 Å². The summed E-state index contributed by atoms with van der Waals surface area (Å²) in [5.41, 5.74) is 5.33. The van der Waals surface area contributed by atoms with Crippen LogP contribution in [0.4, 0.5) is 0 Å². The monoisotopic (exact) mass is 823 g/mol. The number of nitrogens with two attached hydrogens (primary N) is 1. The Balaban J connectivity index is 2.37. The highest BCUT2D eigenvalue weighted by Crippen LogP contribution is 2.43. The molecular formula is C44H74NO11P. The number of hydrogen-bond donors (Lipinski definition) is 3. The van der Waals surface area contributed by atoms with Gasteiger partial charge in [0.2, 0.25) is 0 Å². The van der Waals surface area contributed by atoms with Gasteiger partial charge in [-0.3, -0.25) is 23.4 Å². The van der Waals surface area contributed by atoms with E-state index in [0.717, 1.165) is 70.6 Å². The van der Waals surface area contributed by atoms with Gasteiger partial charge in [-0.25, -0.2) is 4.57 Å². The molecule has 1 heterocycles. The third kappa shape index (κ3) is 32.8. The summed E-state index contributed by atoms with van der Waals surface area (Å²) in [5.74, 6) is -2.49.